The first-order chi connectivity index (χ1) is 14.5. The lowest BCUT2D eigenvalue weighted by Crippen LogP contribution is -2.53. The Kier molecular flexibility index (Phi) is 13.1. The minimum absolute atomic E-state index is 0.00283. The molecule has 0 heterocycles. The van der Waals surface area contributed by atoms with Gasteiger partial charge in [0.15, 0.2) is 0 Å². The number of carboxylic acids is 1. The zero-order chi connectivity index (χ0) is 24.0. The van der Waals surface area contributed by atoms with E-state index in [1.165, 1.54) is 0 Å². The van der Waals surface area contributed by atoms with Crippen LogP contribution < -0.4 is 38.9 Å². The predicted molar refractivity (Wildman–Crippen MR) is 108 cm³/mol. The number of primary amides is 2. The Morgan fingerprint density at radius 3 is 2.00 bits per heavy atom. The van der Waals surface area contributed by atoms with Crippen LogP contribution in [-0.2, 0) is 28.8 Å². The van der Waals surface area contributed by atoms with Gasteiger partial charge in [-0.05, 0) is 32.2 Å². The quantitative estimate of drug-likeness (QED) is 0.107. The fourth-order valence-electron chi connectivity index (χ4n) is 2.41. The zero-order valence-electron chi connectivity index (χ0n) is 17.1. The topological polar surface area (TPSA) is 263 Å². The summed E-state index contributed by atoms with van der Waals surface area (Å²) in [5.74, 6) is -5.26. The van der Waals surface area contributed by atoms with Crippen LogP contribution in [0.25, 0.3) is 0 Å². The third-order valence-electron chi connectivity index (χ3n) is 4.08. The van der Waals surface area contributed by atoms with Gasteiger partial charge in [0.05, 0.1) is 19.0 Å². The van der Waals surface area contributed by atoms with Crippen molar-refractivity contribution in [2.75, 3.05) is 13.1 Å². The Hall–Kier alpha value is -3.26. The van der Waals surface area contributed by atoms with Crippen molar-refractivity contribution >= 4 is 35.5 Å². The van der Waals surface area contributed by atoms with Crippen molar-refractivity contribution in [1.82, 2.24) is 16.0 Å². The van der Waals surface area contributed by atoms with Gasteiger partial charge in [0.25, 0.3) is 0 Å². The van der Waals surface area contributed by atoms with Gasteiger partial charge in [-0.2, -0.15) is 0 Å². The molecule has 14 heteroatoms. The molecular formula is C17H31N7O7. The Bertz CT molecular complexity index is 671. The monoisotopic (exact) mass is 445 g/mol. The molecule has 0 aliphatic heterocycles. The summed E-state index contributed by atoms with van der Waals surface area (Å²) >= 11 is 0. The van der Waals surface area contributed by atoms with E-state index in [0.29, 0.717) is 19.4 Å². The van der Waals surface area contributed by atoms with Gasteiger partial charge >= 0.3 is 5.97 Å². The first kappa shape index (κ1) is 27.7. The molecule has 0 saturated carbocycles. The maximum Gasteiger partial charge on any atom is 0.326 e. The molecule has 5 amide bonds. The third kappa shape index (κ3) is 12.8. The van der Waals surface area contributed by atoms with E-state index in [-0.39, 0.29) is 19.3 Å². The molecular weight excluding hydrogens is 414 g/mol. The third-order valence-corrected chi connectivity index (χ3v) is 4.08. The van der Waals surface area contributed by atoms with E-state index in [1.54, 1.807) is 0 Å². The smallest absolute Gasteiger partial charge is 0.326 e. The molecule has 3 unspecified atom stereocenters. The molecule has 0 saturated heterocycles. The second kappa shape index (κ2) is 14.7. The maximum absolute atomic E-state index is 12.4. The van der Waals surface area contributed by atoms with E-state index < -0.39 is 66.6 Å². The minimum Gasteiger partial charge on any atom is -0.480 e. The lowest BCUT2D eigenvalue weighted by molar-refractivity contribution is -0.143. The van der Waals surface area contributed by atoms with Gasteiger partial charge in [0.1, 0.15) is 12.1 Å². The zero-order valence-corrected chi connectivity index (χ0v) is 17.1. The Morgan fingerprint density at radius 1 is 0.839 bits per heavy atom. The van der Waals surface area contributed by atoms with E-state index in [0.717, 1.165) is 0 Å². The van der Waals surface area contributed by atoms with Crippen LogP contribution in [0.4, 0.5) is 0 Å². The highest BCUT2D eigenvalue weighted by molar-refractivity contribution is 5.93. The van der Waals surface area contributed by atoms with Gasteiger partial charge in [0, 0.05) is 6.42 Å². The number of aliphatic carboxylic acids is 1. The molecule has 0 aromatic carbocycles. The lowest BCUT2D eigenvalue weighted by Gasteiger charge is -2.21. The van der Waals surface area contributed by atoms with Crippen molar-refractivity contribution in [3.05, 3.63) is 0 Å². The van der Waals surface area contributed by atoms with E-state index >= 15 is 0 Å². The molecule has 3 atom stereocenters. The van der Waals surface area contributed by atoms with Crippen molar-refractivity contribution in [3.63, 3.8) is 0 Å². The SMILES string of the molecule is NCCCCC(NC(=O)C(N)CCC(N)=O)C(=O)NCC(=O)NC(CC(N)=O)C(=O)O. The highest BCUT2D eigenvalue weighted by atomic mass is 16.4. The molecule has 0 spiro atoms. The fourth-order valence-corrected chi connectivity index (χ4v) is 2.41. The van der Waals surface area contributed by atoms with Crippen molar-refractivity contribution < 1.29 is 33.9 Å². The summed E-state index contributed by atoms with van der Waals surface area (Å²) in [6, 6.07) is -3.64. The molecule has 0 rings (SSSR count). The molecule has 0 fully saturated rings. The van der Waals surface area contributed by atoms with Crippen molar-refractivity contribution in [1.29, 1.82) is 0 Å². The van der Waals surface area contributed by atoms with Crippen LogP contribution in [0.5, 0.6) is 0 Å². The van der Waals surface area contributed by atoms with Gasteiger partial charge in [0.2, 0.25) is 29.5 Å². The number of hydrogen-bond donors (Lipinski definition) is 8. The number of carboxylic acid groups (broad SMARTS) is 1. The van der Waals surface area contributed by atoms with Crippen LogP contribution in [0.3, 0.4) is 0 Å². The number of hydrogen-bond acceptors (Lipinski definition) is 8. The van der Waals surface area contributed by atoms with Crippen molar-refractivity contribution in [2.45, 2.75) is 56.7 Å². The molecule has 31 heavy (non-hydrogen) atoms. The van der Waals surface area contributed by atoms with Crippen LogP contribution in [0.1, 0.15) is 38.5 Å². The lowest BCUT2D eigenvalue weighted by atomic mass is 10.1. The summed E-state index contributed by atoms with van der Waals surface area (Å²) in [7, 11) is 0. The van der Waals surface area contributed by atoms with Crippen LogP contribution >= 0.6 is 0 Å². The molecule has 14 nitrogen and oxygen atoms in total. The number of nitrogens with one attached hydrogen (secondary N) is 3. The number of unbranched alkanes of at least 4 members (excludes halogenated alkanes) is 1. The molecule has 176 valence electrons. The highest BCUT2D eigenvalue weighted by Crippen LogP contribution is 2.03. The maximum atomic E-state index is 12.4. The summed E-state index contributed by atoms with van der Waals surface area (Å²) in [6.07, 6.45) is 0.568. The minimum atomic E-state index is -1.54. The molecule has 0 aromatic heterocycles. The molecule has 0 aromatic rings. The summed E-state index contributed by atoms with van der Waals surface area (Å²) in [5, 5.41) is 15.8. The number of amides is 5. The normalized spacial score (nSPS) is 13.4. The van der Waals surface area contributed by atoms with Gasteiger partial charge in [-0.1, -0.05) is 0 Å². The molecule has 0 radical (unpaired) electrons. The second-order valence-electron chi connectivity index (χ2n) is 6.80. The molecule has 12 N–H and O–H groups in total. The summed E-state index contributed by atoms with van der Waals surface area (Å²) in [6.45, 7) is -0.225. The van der Waals surface area contributed by atoms with Crippen molar-refractivity contribution in [2.24, 2.45) is 22.9 Å². The van der Waals surface area contributed by atoms with Gasteiger partial charge in [-0.15, -0.1) is 0 Å². The van der Waals surface area contributed by atoms with E-state index in [9.17, 15) is 28.8 Å². The van der Waals surface area contributed by atoms with E-state index in [4.69, 9.17) is 28.0 Å². The summed E-state index contributed by atoms with van der Waals surface area (Å²) < 4.78 is 0. The number of carbonyl (C=O) groups excluding carboxylic acids is 5. The van der Waals surface area contributed by atoms with Crippen LogP contribution in [0, 0.1) is 0 Å². The van der Waals surface area contributed by atoms with Gasteiger partial charge in [-0.25, -0.2) is 4.79 Å². The number of carbonyl (C=O) groups is 6. The van der Waals surface area contributed by atoms with Gasteiger partial charge < -0.3 is 44.0 Å². The molecule has 0 aliphatic rings. The fraction of sp³-hybridized carbons (Fsp3) is 0.647. The highest BCUT2D eigenvalue weighted by Gasteiger charge is 2.25. The molecule has 0 aliphatic carbocycles. The first-order valence-corrected chi connectivity index (χ1v) is 9.60. The average Bonchev–Trinajstić information content (AvgIpc) is 2.68. The Morgan fingerprint density at radius 2 is 1.48 bits per heavy atom. The Balaban J connectivity index is 4.87. The number of rotatable bonds is 16. The second-order valence-corrected chi connectivity index (χ2v) is 6.80. The van der Waals surface area contributed by atoms with Gasteiger partial charge in [-0.3, -0.25) is 24.0 Å². The van der Waals surface area contributed by atoms with Crippen LogP contribution in [0.2, 0.25) is 0 Å². The summed E-state index contributed by atoms with van der Waals surface area (Å²) in [5.41, 5.74) is 21.1. The largest absolute Gasteiger partial charge is 0.480 e. The van der Waals surface area contributed by atoms with E-state index in [1.807, 2.05) is 0 Å². The Labute approximate surface area is 178 Å². The van der Waals surface area contributed by atoms with Crippen molar-refractivity contribution in [3.8, 4) is 0 Å². The average molecular weight is 445 g/mol. The summed E-state index contributed by atoms with van der Waals surface area (Å²) in [4.78, 5) is 69.2. The van der Waals surface area contributed by atoms with Crippen LogP contribution in [0.15, 0.2) is 0 Å². The van der Waals surface area contributed by atoms with Crippen LogP contribution in [-0.4, -0.2) is 71.8 Å². The number of nitrogens with two attached hydrogens (primary N) is 4. The molecule has 0 bridgehead atoms. The first-order valence-electron chi connectivity index (χ1n) is 9.60. The standard InChI is InChI=1S/C17H31N7O7/c18-6-2-1-3-10(24-15(28)9(19)4-5-12(20)25)16(29)22-8-14(27)23-11(17(30)31)7-13(21)26/h9-11H,1-8,18-19H2,(H2,20,25)(H2,21,26)(H,22,29)(H,23,27)(H,24,28)(H,30,31). The predicted octanol–water partition coefficient (Wildman–Crippen LogP) is -4.25. The van der Waals surface area contributed by atoms with E-state index in [2.05, 4.69) is 16.0 Å².